The van der Waals surface area contributed by atoms with E-state index in [4.69, 9.17) is 4.74 Å². The van der Waals surface area contributed by atoms with Gasteiger partial charge in [-0.3, -0.25) is 4.79 Å². The van der Waals surface area contributed by atoms with E-state index in [1.807, 2.05) is 24.0 Å². The number of nitrogens with one attached hydrogen (secondary N) is 1. The molecule has 6 heteroatoms. The van der Waals surface area contributed by atoms with Gasteiger partial charge in [-0.2, -0.15) is 0 Å². The number of carbonyl (C=O) groups excluding carboxylic acids is 1. The van der Waals surface area contributed by atoms with Gasteiger partial charge in [0.2, 0.25) is 5.91 Å². The molecule has 0 radical (unpaired) electrons. The zero-order valence-electron chi connectivity index (χ0n) is 12.6. The molecule has 1 aliphatic rings. The van der Waals surface area contributed by atoms with Gasteiger partial charge in [-0.25, -0.2) is 4.98 Å². The number of ether oxygens (including phenoxy) is 1. The maximum absolute atomic E-state index is 12.2. The summed E-state index contributed by atoms with van der Waals surface area (Å²) >= 11 is 0. The highest BCUT2D eigenvalue weighted by Crippen LogP contribution is 2.20. The van der Waals surface area contributed by atoms with Crippen LogP contribution in [0.3, 0.4) is 0 Å². The minimum Gasteiger partial charge on any atom is -0.389 e. The third kappa shape index (κ3) is 3.92. The summed E-state index contributed by atoms with van der Waals surface area (Å²) < 4.78 is 5.43. The van der Waals surface area contributed by atoms with Gasteiger partial charge in [0, 0.05) is 19.3 Å². The highest BCUT2D eigenvalue weighted by Gasteiger charge is 2.30. The van der Waals surface area contributed by atoms with E-state index in [0.717, 1.165) is 17.8 Å². The Labute approximate surface area is 125 Å². The van der Waals surface area contributed by atoms with Crippen molar-refractivity contribution in [3.8, 4) is 0 Å². The molecule has 2 N–H and O–H groups in total. The molecule has 6 nitrogen and oxygen atoms in total. The summed E-state index contributed by atoms with van der Waals surface area (Å²) in [7, 11) is 0. The number of pyridine rings is 1. The molecule has 116 valence electrons. The molecule has 1 aromatic heterocycles. The van der Waals surface area contributed by atoms with Crippen LogP contribution >= 0.6 is 0 Å². The summed E-state index contributed by atoms with van der Waals surface area (Å²) in [4.78, 5) is 18.5. The van der Waals surface area contributed by atoms with Crippen LogP contribution in [0.25, 0.3) is 0 Å². The fourth-order valence-electron chi connectivity index (χ4n) is 2.28. The molecule has 2 atom stereocenters. The normalized spacial score (nSPS) is 20.1. The molecule has 1 fully saturated rings. The summed E-state index contributed by atoms with van der Waals surface area (Å²) in [5, 5.41) is 12.4. The van der Waals surface area contributed by atoms with Gasteiger partial charge in [-0.15, -0.1) is 0 Å². The number of aliphatic hydroxyl groups is 1. The third-order valence-electron chi connectivity index (χ3n) is 3.53. The van der Waals surface area contributed by atoms with E-state index in [-0.39, 0.29) is 11.9 Å². The summed E-state index contributed by atoms with van der Waals surface area (Å²) in [6.45, 7) is 5.97. The van der Waals surface area contributed by atoms with Gasteiger partial charge in [0.1, 0.15) is 11.9 Å². The quantitative estimate of drug-likeness (QED) is 0.842. The number of hydrogen-bond donors (Lipinski definition) is 2. The van der Waals surface area contributed by atoms with Crippen LogP contribution in [0.2, 0.25) is 0 Å². The Hall–Kier alpha value is -1.66. The van der Waals surface area contributed by atoms with E-state index in [1.54, 1.807) is 13.1 Å². The maximum Gasteiger partial charge on any atom is 0.245 e. The molecule has 1 aromatic rings. The molecule has 0 aliphatic carbocycles. The van der Waals surface area contributed by atoms with E-state index in [9.17, 15) is 9.90 Å². The van der Waals surface area contributed by atoms with Crippen LogP contribution in [-0.2, 0) is 9.53 Å². The fourth-order valence-corrected chi connectivity index (χ4v) is 2.28. The highest BCUT2D eigenvalue weighted by molar-refractivity contribution is 5.85. The van der Waals surface area contributed by atoms with Crippen molar-refractivity contribution in [1.29, 1.82) is 0 Å². The number of hydrogen-bond acceptors (Lipinski definition) is 5. The molecule has 0 saturated carbocycles. The Bertz CT molecular complexity index is 462. The molecular weight excluding hydrogens is 270 g/mol. The second-order valence-corrected chi connectivity index (χ2v) is 5.20. The predicted octanol–water partition coefficient (Wildman–Crippen LogP) is 0.866. The maximum atomic E-state index is 12.2. The number of rotatable bonds is 5. The van der Waals surface area contributed by atoms with Crippen LogP contribution in [0.15, 0.2) is 18.3 Å². The van der Waals surface area contributed by atoms with E-state index in [0.29, 0.717) is 26.3 Å². The monoisotopic (exact) mass is 293 g/mol. The number of morpholine rings is 1. The van der Waals surface area contributed by atoms with Crippen LogP contribution in [0, 0.1) is 0 Å². The number of aromatic nitrogens is 1. The van der Waals surface area contributed by atoms with Gasteiger partial charge < -0.3 is 20.1 Å². The van der Waals surface area contributed by atoms with Crippen molar-refractivity contribution < 1.29 is 14.6 Å². The molecule has 0 bridgehead atoms. The summed E-state index contributed by atoms with van der Waals surface area (Å²) in [6.07, 6.45) is 2.01. The molecular formula is C15H23N3O3. The Morgan fingerprint density at radius 3 is 3.05 bits per heavy atom. The molecule has 2 rings (SSSR count). The van der Waals surface area contributed by atoms with Crippen LogP contribution in [0.4, 0.5) is 5.82 Å². The minimum absolute atomic E-state index is 0.0297. The summed E-state index contributed by atoms with van der Waals surface area (Å²) in [5.41, 5.74) is 0.763. The van der Waals surface area contributed by atoms with E-state index < -0.39 is 6.10 Å². The van der Waals surface area contributed by atoms with E-state index >= 15 is 0 Å². The number of nitrogens with zero attached hydrogens (tertiary/aromatic N) is 2. The smallest absolute Gasteiger partial charge is 0.245 e. The molecule has 2 heterocycles. The third-order valence-corrected chi connectivity index (χ3v) is 3.53. The van der Waals surface area contributed by atoms with Crippen molar-refractivity contribution >= 4 is 11.7 Å². The second-order valence-electron chi connectivity index (χ2n) is 5.20. The number of amides is 1. The molecule has 0 aromatic carbocycles. The van der Waals surface area contributed by atoms with E-state index in [2.05, 4.69) is 10.3 Å². The number of anilines is 1. The van der Waals surface area contributed by atoms with Crippen molar-refractivity contribution in [2.75, 3.05) is 31.2 Å². The van der Waals surface area contributed by atoms with Crippen LogP contribution in [0.1, 0.15) is 31.9 Å². The predicted molar refractivity (Wildman–Crippen MR) is 80.1 cm³/mol. The molecule has 0 spiro atoms. The first kappa shape index (κ1) is 15.7. The summed E-state index contributed by atoms with van der Waals surface area (Å²) in [5.74, 6) is 0.706. The Kier molecular flexibility index (Phi) is 5.52. The lowest BCUT2D eigenvalue weighted by Crippen LogP contribution is -2.54. The highest BCUT2D eigenvalue weighted by atomic mass is 16.5. The van der Waals surface area contributed by atoms with Gasteiger partial charge in [-0.05, 0) is 25.0 Å². The Balaban J connectivity index is 2.12. The van der Waals surface area contributed by atoms with Crippen LogP contribution < -0.4 is 10.2 Å². The van der Waals surface area contributed by atoms with Crippen molar-refractivity contribution in [1.82, 2.24) is 10.3 Å². The lowest BCUT2D eigenvalue weighted by molar-refractivity contribution is -0.124. The van der Waals surface area contributed by atoms with Crippen molar-refractivity contribution in [2.45, 2.75) is 32.4 Å². The van der Waals surface area contributed by atoms with Crippen molar-refractivity contribution in [2.24, 2.45) is 0 Å². The average molecular weight is 293 g/mol. The minimum atomic E-state index is -0.542. The topological polar surface area (TPSA) is 74.7 Å². The zero-order valence-corrected chi connectivity index (χ0v) is 12.6. The molecule has 21 heavy (non-hydrogen) atoms. The van der Waals surface area contributed by atoms with Crippen molar-refractivity contribution in [3.05, 3.63) is 23.9 Å². The van der Waals surface area contributed by atoms with Crippen LogP contribution in [-0.4, -0.2) is 48.3 Å². The zero-order chi connectivity index (χ0) is 15.2. The van der Waals surface area contributed by atoms with Gasteiger partial charge in [0.25, 0.3) is 0 Å². The SMILES string of the molecule is CCCNC(=O)C1COCCN1c1ccc(C(C)O)cn1. The first-order valence-corrected chi connectivity index (χ1v) is 7.39. The Morgan fingerprint density at radius 2 is 2.43 bits per heavy atom. The number of carbonyl (C=O) groups is 1. The van der Waals surface area contributed by atoms with Gasteiger partial charge in [0.05, 0.1) is 19.3 Å². The molecule has 1 aliphatic heterocycles. The number of aliphatic hydroxyl groups excluding tert-OH is 1. The fraction of sp³-hybridized carbons (Fsp3) is 0.600. The molecule has 1 amide bonds. The lowest BCUT2D eigenvalue weighted by atomic mass is 10.1. The van der Waals surface area contributed by atoms with E-state index in [1.165, 1.54) is 0 Å². The second kappa shape index (κ2) is 7.38. The summed E-state index contributed by atoms with van der Waals surface area (Å²) in [6, 6.07) is 3.33. The average Bonchev–Trinajstić information content (AvgIpc) is 2.52. The van der Waals surface area contributed by atoms with Crippen LogP contribution in [0.5, 0.6) is 0 Å². The first-order chi connectivity index (χ1) is 10.1. The first-order valence-electron chi connectivity index (χ1n) is 7.39. The lowest BCUT2D eigenvalue weighted by Gasteiger charge is -2.35. The molecule has 1 saturated heterocycles. The Morgan fingerprint density at radius 1 is 1.62 bits per heavy atom. The standard InChI is InChI=1S/C15H23N3O3/c1-3-6-16-15(20)13-10-21-8-7-18(13)14-5-4-12(9-17-14)11(2)19/h4-5,9,11,13,19H,3,6-8,10H2,1-2H3,(H,16,20). The van der Waals surface area contributed by atoms with Gasteiger partial charge in [-0.1, -0.05) is 13.0 Å². The van der Waals surface area contributed by atoms with Gasteiger partial charge in [0.15, 0.2) is 0 Å². The van der Waals surface area contributed by atoms with Gasteiger partial charge >= 0.3 is 0 Å². The molecule has 2 unspecified atom stereocenters. The van der Waals surface area contributed by atoms with Crippen molar-refractivity contribution in [3.63, 3.8) is 0 Å². The largest absolute Gasteiger partial charge is 0.389 e.